The molecule has 0 saturated heterocycles. The van der Waals surface area contributed by atoms with Gasteiger partial charge in [0.05, 0.1) is 0 Å². The average molecular weight is 403 g/mol. The lowest BCUT2D eigenvalue weighted by molar-refractivity contribution is 0.145. The molecule has 0 spiro atoms. The number of nitrogens with two attached hydrogens (primary N) is 1. The largest absolute Gasteiger partial charge is 0.382 e. The highest BCUT2D eigenvalue weighted by Crippen LogP contribution is 2.08. The molecule has 0 radical (unpaired) electrons. The number of halogens is 1. The number of rotatable bonds is 11. The van der Waals surface area contributed by atoms with E-state index in [0.717, 1.165) is 45.1 Å². The predicted octanol–water partition coefficient (Wildman–Crippen LogP) is 2.71. The summed E-state index contributed by atoms with van der Waals surface area (Å²) in [4.78, 5) is 4.29. The van der Waals surface area contributed by atoms with Crippen LogP contribution in [0.5, 0.6) is 0 Å². The second kappa shape index (κ2) is 16.4. The summed E-state index contributed by atoms with van der Waals surface area (Å²) in [6, 6.07) is 0. The highest BCUT2D eigenvalue weighted by molar-refractivity contribution is 14.0. The molecule has 0 rings (SSSR count). The second-order valence-electron chi connectivity index (χ2n) is 4.57. The molecule has 0 aromatic rings. The maximum absolute atomic E-state index is 5.74. The number of hydrogen-bond donors (Lipinski definition) is 2. The van der Waals surface area contributed by atoms with Crippen LogP contribution in [0.2, 0.25) is 0 Å². The van der Waals surface area contributed by atoms with E-state index < -0.39 is 0 Å². The molecular formula is C13H30IN3OS. The van der Waals surface area contributed by atoms with Crippen molar-refractivity contribution in [1.82, 2.24) is 5.32 Å². The molecule has 0 saturated carbocycles. The minimum absolute atomic E-state index is 0. The van der Waals surface area contributed by atoms with Crippen LogP contribution in [0.1, 0.15) is 33.6 Å². The van der Waals surface area contributed by atoms with Gasteiger partial charge in [0.2, 0.25) is 0 Å². The average Bonchev–Trinajstić information content (AvgIpc) is 2.33. The predicted molar refractivity (Wildman–Crippen MR) is 97.8 cm³/mol. The molecule has 116 valence electrons. The molecular weight excluding hydrogens is 373 g/mol. The fourth-order valence-corrected chi connectivity index (χ4v) is 2.25. The van der Waals surface area contributed by atoms with E-state index in [2.05, 4.69) is 24.2 Å². The Labute approximate surface area is 139 Å². The van der Waals surface area contributed by atoms with Gasteiger partial charge in [-0.3, -0.25) is 4.99 Å². The zero-order valence-electron chi connectivity index (χ0n) is 12.5. The van der Waals surface area contributed by atoms with E-state index in [-0.39, 0.29) is 24.0 Å². The number of ether oxygens (including phenoxy) is 1. The molecule has 0 amide bonds. The molecule has 0 aliphatic carbocycles. The third-order valence-corrected chi connectivity index (χ3v) is 3.64. The topological polar surface area (TPSA) is 59.6 Å². The van der Waals surface area contributed by atoms with Crippen LogP contribution in [0.15, 0.2) is 4.99 Å². The normalized spacial score (nSPS) is 11.5. The summed E-state index contributed by atoms with van der Waals surface area (Å²) in [6.45, 7) is 9.69. The van der Waals surface area contributed by atoms with E-state index in [1.165, 1.54) is 11.5 Å². The highest BCUT2D eigenvalue weighted by Gasteiger charge is 1.95. The van der Waals surface area contributed by atoms with Crippen LogP contribution in [0, 0.1) is 5.92 Å². The van der Waals surface area contributed by atoms with Gasteiger partial charge < -0.3 is 15.8 Å². The zero-order valence-corrected chi connectivity index (χ0v) is 15.6. The van der Waals surface area contributed by atoms with E-state index in [1.54, 1.807) is 0 Å². The lowest BCUT2D eigenvalue weighted by Gasteiger charge is -2.06. The molecule has 0 aliphatic heterocycles. The van der Waals surface area contributed by atoms with Crippen molar-refractivity contribution in [2.45, 2.75) is 33.6 Å². The fraction of sp³-hybridized carbons (Fsp3) is 0.923. The summed E-state index contributed by atoms with van der Waals surface area (Å²) in [6.07, 6.45) is 2.06. The summed E-state index contributed by atoms with van der Waals surface area (Å²) in [5.41, 5.74) is 5.74. The Hall–Kier alpha value is 0.310. The highest BCUT2D eigenvalue weighted by atomic mass is 127. The standard InChI is InChI=1S/C13H29N3OS.HI/c1-4-17-9-5-7-15-13(14)16-8-6-10-18-11-12(2)3;/h12H,4-11H2,1-3H3,(H3,14,15,16);1H. The molecule has 19 heavy (non-hydrogen) atoms. The first-order valence-electron chi connectivity index (χ1n) is 6.86. The van der Waals surface area contributed by atoms with Crippen molar-refractivity contribution in [3.8, 4) is 0 Å². The Kier molecular flexibility index (Phi) is 18.6. The van der Waals surface area contributed by atoms with Crippen molar-refractivity contribution in [1.29, 1.82) is 0 Å². The number of hydrogen-bond acceptors (Lipinski definition) is 3. The molecule has 0 unspecified atom stereocenters. The van der Waals surface area contributed by atoms with Crippen molar-refractivity contribution in [3.05, 3.63) is 0 Å². The molecule has 4 nitrogen and oxygen atoms in total. The van der Waals surface area contributed by atoms with E-state index in [9.17, 15) is 0 Å². The molecule has 0 atom stereocenters. The number of nitrogens with zero attached hydrogens (tertiary/aromatic N) is 1. The SMILES string of the molecule is CCOCCCNC(N)=NCCCSCC(C)C.I. The van der Waals surface area contributed by atoms with Gasteiger partial charge in [0.1, 0.15) is 0 Å². The summed E-state index contributed by atoms with van der Waals surface area (Å²) in [7, 11) is 0. The summed E-state index contributed by atoms with van der Waals surface area (Å²) < 4.78 is 5.24. The van der Waals surface area contributed by atoms with Crippen LogP contribution < -0.4 is 11.1 Å². The van der Waals surface area contributed by atoms with Crippen LogP contribution in [-0.4, -0.2) is 43.8 Å². The van der Waals surface area contributed by atoms with Crippen molar-refractivity contribution >= 4 is 41.7 Å². The maximum Gasteiger partial charge on any atom is 0.188 e. The van der Waals surface area contributed by atoms with Crippen LogP contribution in [0.3, 0.4) is 0 Å². The smallest absolute Gasteiger partial charge is 0.188 e. The van der Waals surface area contributed by atoms with E-state index in [0.29, 0.717) is 5.96 Å². The molecule has 0 bridgehead atoms. The molecule has 0 fully saturated rings. The van der Waals surface area contributed by atoms with Gasteiger partial charge in [-0.15, -0.1) is 24.0 Å². The Morgan fingerprint density at radius 2 is 2.11 bits per heavy atom. The fourth-order valence-electron chi connectivity index (χ4n) is 1.28. The van der Waals surface area contributed by atoms with Gasteiger partial charge in [-0.25, -0.2) is 0 Å². The number of nitrogens with one attached hydrogen (secondary N) is 1. The van der Waals surface area contributed by atoms with Crippen LogP contribution in [0.4, 0.5) is 0 Å². The second-order valence-corrected chi connectivity index (χ2v) is 5.72. The van der Waals surface area contributed by atoms with E-state index >= 15 is 0 Å². The molecule has 0 aromatic heterocycles. The molecule has 6 heteroatoms. The van der Waals surface area contributed by atoms with Crippen LogP contribution in [0.25, 0.3) is 0 Å². The Bertz CT molecular complexity index is 216. The Balaban J connectivity index is 0. The van der Waals surface area contributed by atoms with Crippen LogP contribution in [-0.2, 0) is 4.74 Å². The number of thioether (sulfide) groups is 1. The van der Waals surface area contributed by atoms with Crippen molar-refractivity contribution < 1.29 is 4.74 Å². The van der Waals surface area contributed by atoms with Gasteiger partial charge in [0.25, 0.3) is 0 Å². The molecule has 0 aromatic carbocycles. The molecule has 0 aliphatic rings. The Morgan fingerprint density at radius 3 is 2.74 bits per heavy atom. The van der Waals surface area contributed by atoms with Crippen molar-refractivity contribution in [2.75, 3.05) is 37.8 Å². The summed E-state index contributed by atoms with van der Waals surface area (Å²) in [5, 5.41) is 3.09. The van der Waals surface area contributed by atoms with E-state index in [1.807, 2.05) is 18.7 Å². The van der Waals surface area contributed by atoms with Crippen molar-refractivity contribution in [2.24, 2.45) is 16.6 Å². The third kappa shape index (κ3) is 18.3. The number of aliphatic imine (C=N–C) groups is 1. The van der Waals surface area contributed by atoms with Gasteiger partial charge in [-0.2, -0.15) is 11.8 Å². The quantitative estimate of drug-likeness (QED) is 0.241. The van der Waals surface area contributed by atoms with Crippen LogP contribution >= 0.6 is 35.7 Å². The van der Waals surface area contributed by atoms with Gasteiger partial charge in [-0.05, 0) is 37.2 Å². The monoisotopic (exact) mass is 403 g/mol. The lowest BCUT2D eigenvalue weighted by atomic mass is 10.3. The maximum atomic E-state index is 5.74. The molecule has 3 N–H and O–H groups in total. The first-order chi connectivity index (χ1) is 8.66. The van der Waals surface area contributed by atoms with Gasteiger partial charge in [0, 0.05) is 26.3 Å². The van der Waals surface area contributed by atoms with Crippen molar-refractivity contribution in [3.63, 3.8) is 0 Å². The molecule has 0 heterocycles. The minimum Gasteiger partial charge on any atom is -0.382 e. The zero-order chi connectivity index (χ0) is 13.6. The third-order valence-electron chi connectivity index (χ3n) is 2.16. The number of guanidine groups is 1. The van der Waals surface area contributed by atoms with Gasteiger partial charge >= 0.3 is 0 Å². The van der Waals surface area contributed by atoms with Gasteiger partial charge in [-0.1, -0.05) is 13.8 Å². The minimum atomic E-state index is 0. The Morgan fingerprint density at radius 1 is 1.37 bits per heavy atom. The first-order valence-corrected chi connectivity index (χ1v) is 8.01. The summed E-state index contributed by atoms with van der Waals surface area (Å²) >= 11 is 1.99. The van der Waals surface area contributed by atoms with Gasteiger partial charge in [0.15, 0.2) is 5.96 Å². The van der Waals surface area contributed by atoms with E-state index in [4.69, 9.17) is 10.5 Å². The lowest BCUT2D eigenvalue weighted by Crippen LogP contribution is -2.33. The first kappa shape index (κ1) is 21.6. The summed E-state index contributed by atoms with van der Waals surface area (Å²) in [5.74, 6) is 3.73.